The maximum atomic E-state index is 11.6. The van der Waals surface area contributed by atoms with Crippen LogP contribution in [0.2, 0.25) is 0 Å². The van der Waals surface area contributed by atoms with Gasteiger partial charge in [0.25, 0.3) is 0 Å². The van der Waals surface area contributed by atoms with Crippen LogP contribution in [0.3, 0.4) is 0 Å². The molecule has 0 saturated carbocycles. The predicted octanol–water partition coefficient (Wildman–Crippen LogP) is 2.11. The van der Waals surface area contributed by atoms with Gasteiger partial charge in [0.05, 0.1) is 6.42 Å². The molecule has 17 heavy (non-hydrogen) atoms. The first-order valence-corrected chi connectivity index (χ1v) is 6.25. The van der Waals surface area contributed by atoms with Crippen molar-refractivity contribution in [1.82, 2.24) is 5.32 Å². The lowest BCUT2D eigenvalue weighted by molar-refractivity contribution is -0.120. The molecule has 0 aromatic heterocycles. The van der Waals surface area contributed by atoms with Crippen LogP contribution in [0.4, 0.5) is 0 Å². The summed E-state index contributed by atoms with van der Waals surface area (Å²) in [4.78, 5) is 11.6. The number of nitrogens with two attached hydrogens (primary N) is 1. The van der Waals surface area contributed by atoms with Crippen molar-refractivity contribution < 1.29 is 4.79 Å². The van der Waals surface area contributed by atoms with E-state index in [1.54, 1.807) is 0 Å². The molecule has 0 fully saturated rings. The number of benzene rings is 1. The Morgan fingerprint density at radius 2 is 2.12 bits per heavy atom. The van der Waals surface area contributed by atoms with Crippen LogP contribution in [0.5, 0.6) is 0 Å². The molecular weight excluding hydrogens is 351 g/mol. The normalized spacial score (nSPS) is 10.6. The maximum absolute atomic E-state index is 11.6. The molecule has 0 bridgehead atoms. The highest BCUT2D eigenvalue weighted by molar-refractivity contribution is 14.1. The van der Waals surface area contributed by atoms with Gasteiger partial charge in [-0.2, -0.15) is 0 Å². The second-order valence-electron chi connectivity index (χ2n) is 4.57. The zero-order valence-corrected chi connectivity index (χ0v) is 13.0. The Kier molecular flexibility index (Phi) is 7.04. The van der Waals surface area contributed by atoms with E-state index in [9.17, 15) is 4.79 Å². The minimum atomic E-state index is -0.360. The van der Waals surface area contributed by atoms with Gasteiger partial charge < -0.3 is 11.1 Å². The smallest absolute Gasteiger partial charge is 0.224 e. The topological polar surface area (TPSA) is 55.1 Å². The van der Waals surface area contributed by atoms with E-state index in [-0.39, 0.29) is 23.9 Å². The Balaban J connectivity index is 0.00000256. The van der Waals surface area contributed by atoms with Crippen LogP contribution < -0.4 is 11.1 Å². The fraction of sp³-hybridized carbons (Fsp3) is 0.417. The Labute approximate surface area is 122 Å². The van der Waals surface area contributed by atoms with E-state index in [1.807, 2.05) is 38.1 Å². The monoisotopic (exact) mass is 368 g/mol. The van der Waals surface area contributed by atoms with Crippen molar-refractivity contribution in [3.8, 4) is 0 Å². The minimum Gasteiger partial charge on any atom is -0.354 e. The van der Waals surface area contributed by atoms with Gasteiger partial charge in [0.2, 0.25) is 5.91 Å². The molecule has 1 rings (SSSR count). The van der Waals surface area contributed by atoms with E-state index in [0.29, 0.717) is 13.0 Å². The van der Waals surface area contributed by atoms with Gasteiger partial charge in [-0.25, -0.2) is 0 Å². The number of amides is 1. The molecule has 3 N–H and O–H groups in total. The quantitative estimate of drug-likeness (QED) is 0.800. The third kappa shape index (κ3) is 7.57. The first-order valence-electron chi connectivity index (χ1n) is 5.17. The fourth-order valence-corrected chi connectivity index (χ4v) is 1.83. The molecule has 1 aromatic carbocycles. The molecule has 0 unspecified atom stereocenters. The Hall–Kier alpha value is -0.330. The largest absolute Gasteiger partial charge is 0.354 e. The molecular formula is C12H18ClIN2O. The molecule has 0 heterocycles. The van der Waals surface area contributed by atoms with Crippen molar-refractivity contribution >= 4 is 40.9 Å². The molecule has 0 aliphatic rings. The van der Waals surface area contributed by atoms with Crippen molar-refractivity contribution in [3.63, 3.8) is 0 Å². The summed E-state index contributed by atoms with van der Waals surface area (Å²) in [7, 11) is 0. The zero-order chi connectivity index (χ0) is 12.2. The maximum Gasteiger partial charge on any atom is 0.224 e. The van der Waals surface area contributed by atoms with Crippen LogP contribution in [-0.4, -0.2) is 18.0 Å². The number of carbonyl (C=O) groups excluding carboxylic acids is 1. The van der Waals surface area contributed by atoms with Crippen LogP contribution in [-0.2, 0) is 11.2 Å². The van der Waals surface area contributed by atoms with Gasteiger partial charge in [-0.15, -0.1) is 12.4 Å². The lowest BCUT2D eigenvalue weighted by Crippen LogP contribution is -2.45. The lowest BCUT2D eigenvalue weighted by atomic mass is 10.1. The van der Waals surface area contributed by atoms with E-state index in [0.717, 1.165) is 9.13 Å². The Morgan fingerprint density at radius 3 is 2.65 bits per heavy atom. The first-order chi connectivity index (χ1) is 7.37. The van der Waals surface area contributed by atoms with Crippen molar-refractivity contribution in [2.24, 2.45) is 5.73 Å². The molecule has 3 nitrogen and oxygen atoms in total. The third-order valence-corrected chi connectivity index (χ3v) is 2.67. The van der Waals surface area contributed by atoms with Crippen molar-refractivity contribution in [2.75, 3.05) is 6.54 Å². The summed E-state index contributed by atoms with van der Waals surface area (Å²) in [5, 5.41) is 2.82. The minimum absolute atomic E-state index is 0. The van der Waals surface area contributed by atoms with Crippen LogP contribution in [0.1, 0.15) is 19.4 Å². The molecule has 1 amide bonds. The average molecular weight is 369 g/mol. The number of hydrogen-bond acceptors (Lipinski definition) is 2. The van der Waals surface area contributed by atoms with Crippen LogP contribution in [0.25, 0.3) is 0 Å². The molecule has 0 atom stereocenters. The van der Waals surface area contributed by atoms with Gasteiger partial charge in [0.15, 0.2) is 0 Å². The number of hydrogen-bond donors (Lipinski definition) is 2. The second kappa shape index (κ2) is 7.18. The van der Waals surface area contributed by atoms with Gasteiger partial charge in [0.1, 0.15) is 0 Å². The highest BCUT2D eigenvalue weighted by Gasteiger charge is 2.12. The number of carbonyl (C=O) groups is 1. The van der Waals surface area contributed by atoms with E-state index in [1.165, 1.54) is 0 Å². The van der Waals surface area contributed by atoms with Crippen LogP contribution in [0, 0.1) is 3.57 Å². The van der Waals surface area contributed by atoms with Gasteiger partial charge >= 0.3 is 0 Å². The number of halogens is 2. The van der Waals surface area contributed by atoms with Crippen molar-refractivity contribution in [2.45, 2.75) is 25.8 Å². The molecule has 0 aliphatic carbocycles. The third-order valence-electron chi connectivity index (χ3n) is 1.99. The molecule has 1 aromatic rings. The average Bonchev–Trinajstić information content (AvgIpc) is 2.14. The molecule has 0 aliphatic heterocycles. The number of nitrogens with one attached hydrogen (secondary N) is 1. The molecule has 0 spiro atoms. The predicted molar refractivity (Wildman–Crippen MR) is 81.4 cm³/mol. The molecule has 96 valence electrons. The van der Waals surface area contributed by atoms with Crippen LogP contribution in [0.15, 0.2) is 24.3 Å². The van der Waals surface area contributed by atoms with Crippen molar-refractivity contribution in [3.05, 3.63) is 33.4 Å². The standard InChI is InChI=1S/C12H17IN2O.ClH/c1-12(2,14)8-15-11(16)7-9-4-3-5-10(13)6-9;/h3-6H,7-8,14H2,1-2H3,(H,15,16);1H. The highest BCUT2D eigenvalue weighted by atomic mass is 127. The van der Waals surface area contributed by atoms with Crippen LogP contribution >= 0.6 is 35.0 Å². The van der Waals surface area contributed by atoms with Gasteiger partial charge in [-0.05, 0) is 54.1 Å². The summed E-state index contributed by atoms with van der Waals surface area (Å²) in [6.45, 7) is 4.27. The van der Waals surface area contributed by atoms with E-state index >= 15 is 0 Å². The second-order valence-corrected chi connectivity index (χ2v) is 5.82. The highest BCUT2D eigenvalue weighted by Crippen LogP contribution is 2.08. The van der Waals surface area contributed by atoms with Gasteiger partial charge in [-0.1, -0.05) is 12.1 Å². The Bertz CT molecular complexity index is 377. The summed E-state index contributed by atoms with van der Waals surface area (Å²) >= 11 is 2.23. The van der Waals surface area contributed by atoms with Gasteiger partial charge in [-0.3, -0.25) is 4.79 Å². The Morgan fingerprint density at radius 1 is 1.47 bits per heavy atom. The summed E-state index contributed by atoms with van der Waals surface area (Å²) in [5.41, 5.74) is 6.45. The summed E-state index contributed by atoms with van der Waals surface area (Å²) in [5.74, 6) is 0.0144. The molecule has 5 heteroatoms. The van der Waals surface area contributed by atoms with E-state index in [2.05, 4.69) is 27.9 Å². The van der Waals surface area contributed by atoms with Gasteiger partial charge in [0, 0.05) is 15.7 Å². The zero-order valence-electron chi connectivity index (χ0n) is 10.00. The summed E-state index contributed by atoms with van der Waals surface area (Å²) in [6, 6.07) is 7.92. The summed E-state index contributed by atoms with van der Waals surface area (Å²) in [6.07, 6.45) is 0.410. The number of rotatable bonds is 4. The first kappa shape index (κ1) is 16.7. The van der Waals surface area contributed by atoms with Crippen molar-refractivity contribution in [1.29, 1.82) is 0 Å². The van der Waals surface area contributed by atoms with E-state index in [4.69, 9.17) is 5.73 Å². The SMILES string of the molecule is CC(C)(N)CNC(=O)Cc1cccc(I)c1.Cl. The molecule has 0 saturated heterocycles. The van der Waals surface area contributed by atoms with E-state index < -0.39 is 0 Å². The molecule has 0 radical (unpaired) electrons. The lowest BCUT2D eigenvalue weighted by Gasteiger charge is -2.18. The summed E-state index contributed by atoms with van der Waals surface area (Å²) < 4.78 is 1.14. The fourth-order valence-electron chi connectivity index (χ4n) is 1.22.